The van der Waals surface area contributed by atoms with Gasteiger partial charge in [0.15, 0.2) is 0 Å². The van der Waals surface area contributed by atoms with Gasteiger partial charge in [0.05, 0.1) is 11.3 Å². The molecule has 2 N–H and O–H groups in total. The second-order valence-corrected chi connectivity index (χ2v) is 7.07. The largest absolute Gasteiger partial charge is 0.486 e. The number of hydrogen-bond acceptors (Lipinski definition) is 4. The van der Waals surface area contributed by atoms with Gasteiger partial charge in [-0.15, -0.1) is 0 Å². The highest BCUT2D eigenvalue weighted by Gasteiger charge is 2.24. The molecule has 1 aromatic carbocycles. The second kappa shape index (κ2) is 7.40. The molecule has 6 nitrogen and oxygen atoms in total. The summed E-state index contributed by atoms with van der Waals surface area (Å²) in [6, 6.07) is 11.6. The van der Waals surface area contributed by atoms with Crippen molar-refractivity contribution < 1.29 is 9.53 Å². The van der Waals surface area contributed by atoms with Crippen LogP contribution in [-0.2, 0) is 6.61 Å². The first-order valence-electron chi connectivity index (χ1n) is 9.31. The summed E-state index contributed by atoms with van der Waals surface area (Å²) in [5.41, 5.74) is 9.40. The number of ether oxygens (including phenoxy) is 1. The van der Waals surface area contributed by atoms with E-state index in [4.69, 9.17) is 10.5 Å². The summed E-state index contributed by atoms with van der Waals surface area (Å²) in [7, 11) is 0. The molecule has 1 aliphatic heterocycles. The summed E-state index contributed by atoms with van der Waals surface area (Å²) in [4.78, 5) is 19.4. The van der Waals surface area contributed by atoms with Crippen molar-refractivity contribution in [1.82, 2.24) is 14.3 Å². The first-order chi connectivity index (χ1) is 13.1. The molecule has 0 aliphatic carbocycles. The first kappa shape index (κ1) is 17.5. The van der Waals surface area contributed by atoms with Crippen molar-refractivity contribution in [3.63, 3.8) is 0 Å². The Bertz CT molecular complexity index is 958. The van der Waals surface area contributed by atoms with Gasteiger partial charge in [-0.25, -0.2) is 4.98 Å². The fourth-order valence-corrected chi connectivity index (χ4v) is 3.47. The molecule has 0 saturated carbocycles. The van der Waals surface area contributed by atoms with Crippen LogP contribution in [0.15, 0.2) is 48.8 Å². The molecule has 140 valence electrons. The Morgan fingerprint density at radius 3 is 2.78 bits per heavy atom. The van der Waals surface area contributed by atoms with Crippen LogP contribution in [-0.4, -0.2) is 39.3 Å². The number of benzene rings is 1. The number of nitrogens with two attached hydrogens (primary N) is 1. The minimum absolute atomic E-state index is 0.00310. The van der Waals surface area contributed by atoms with E-state index in [-0.39, 0.29) is 11.9 Å². The molecule has 1 fully saturated rings. The van der Waals surface area contributed by atoms with E-state index >= 15 is 0 Å². The van der Waals surface area contributed by atoms with Gasteiger partial charge in [-0.1, -0.05) is 18.2 Å². The van der Waals surface area contributed by atoms with E-state index in [2.05, 4.69) is 4.98 Å². The summed E-state index contributed by atoms with van der Waals surface area (Å²) in [5, 5.41) is 0. The Balaban J connectivity index is 1.50. The van der Waals surface area contributed by atoms with Crippen molar-refractivity contribution in [2.24, 2.45) is 5.73 Å². The molecule has 0 spiro atoms. The number of carbonyl (C=O) groups excluding carboxylic acids is 1. The lowest BCUT2D eigenvalue weighted by molar-refractivity contribution is 0.0710. The van der Waals surface area contributed by atoms with E-state index in [9.17, 15) is 4.79 Å². The van der Waals surface area contributed by atoms with Gasteiger partial charge < -0.3 is 19.8 Å². The lowest BCUT2D eigenvalue weighted by atomic mass is 10.0. The average Bonchev–Trinajstić information content (AvgIpc) is 3.11. The van der Waals surface area contributed by atoms with Crippen LogP contribution in [0.25, 0.3) is 5.65 Å². The zero-order valence-electron chi connectivity index (χ0n) is 15.5. The van der Waals surface area contributed by atoms with Crippen LogP contribution >= 0.6 is 0 Å². The number of nitrogens with zero attached hydrogens (tertiary/aromatic N) is 3. The molecule has 1 amide bonds. The van der Waals surface area contributed by atoms with Crippen LogP contribution in [0.4, 0.5) is 0 Å². The molecule has 0 unspecified atom stereocenters. The lowest BCUT2D eigenvalue weighted by Crippen LogP contribution is -2.42. The van der Waals surface area contributed by atoms with Gasteiger partial charge in [0.25, 0.3) is 5.91 Å². The number of likely N-dealkylation sites (tertiary alicyclic amines) is 1. The second-order valence-electron chi connectivity index (χ2n) is 7.07. The third kappa shape index (κ3) is 3.66. The predicted molar refractivity (Wildman–Crippen MR) is 104 cm³/mol. The number of aromatic nitrogens is 2. The molecule has 27 heavy (non-hydrogen) atoms. The number of piperidine rings is 1. The average molecular weight is 364 g/mol. The number of pyridine rings is 1. The number of fused-ring (bicyclic) bond motifs is 1. The Morgan fingerprint density at radius 2 is 2.00 bits per heavy atom. The first-order valence-corrected chi connectivity index (χ1v) is 9.31. The Labute approximate surface area is 158 Å². The van der Waals surface area contributed by atoms with Crippen LogP contribution in [0.1, 0.15) is 34.5 Å². The topological polar surface area (TPSA) is 72.9 Å². The van der Waals surface area contributed by atoms with Crippen molar-refractivity contribution in [2.75, 3.05) is 13.1 Å². The predicted octanol–water partition coefficient (Wildman–Crippen LogP) is 2.79. The summed E-state index contributed by atoms with van der Waals surface area (Å²) in [6.45, 7) is 3.74. The van der Waals surface area contributed by atoms with Crippen LogP contribution in [0.5, 0.6) is 5.75 Å². The quantitative estimate of drug-likeness (QED) is 0.773. The molecular weight excluding hydrogens is 340 g/mol. The van der Waals surface area contributed by atoms with Crippen LogP contribution < -0.4 is 10.5 Å². The van der Waals surface area contributed by atoms with E-state index < -0.39 is 0 Å². The van der Waals surface area contributed by atoms with Gasteiger partial charge in [-0.05, 0) is 43.5 Å². The SMILES string of the molecule is Cc1cccn2cc(COc3ccccc3C(=O)N3CCC(N)CC3)nc12. The molecule has 4 rings (SSSR count). The number of aryl methyl sites for hydroxylation is 1. The van der Waals surface area contributed by atoms with E-state index in [1.807, 2.05) is 65.0 Å². The van der Waals surface area contributed by atoms with E-state index in [0.29, 0.717) is 31.0 Å². The monoisotopic (exact) mass is 364 g/mol. The molecule has 0 atom stereocenters. The highest BCUT2D eigenvalue weighted by atomic mass is 16.5. The smallest absolute Gasteiger partial charge is 0.257 e. The third-order valence-corrected chi connectivity index (χ3v) is 5.05. The summed E-state index contributed by atoms with van der Waals surface area (Å²) >= 11 is 0. The molecule has 1 saturated heterocycles. The standard InChI is InChI=1S/C21H24N4O2/c1-15-5-4-10-25-13-17(23-20(15)25)14-27-19-7-3-2-6-18(19)21(26)24-11-8-16(22)9-12-24/h2-7,10,13,16H,8-9,11-12,14,22H2,1H3. The number of para-hydroxylation sites is 1. The maximum Gasteiger partial charge on any atom is 0.257 e. The van der Waals surface area contributed by atoms with Crippen LogP contribution in [0, 0.1) is 6.92 Å². The Kier molecular flexibility index (Phi) is 4.81. The van der Waals surface area contributed by atoms with E-state index in [1.54, 1.807) is 0 Å². The summed E-state index contributed by atoms with van der Waals surface area (Å²) in [6.07, 6.45) is 5.61. The zero-order valence-corrected chi connectivity index (χ0v) is 15.5. The van der Waals surface area contributed by atoms with Crippen molar-refractivity contribution in [2.45, 2.75) is 32.4 Å². The molecule has 3 aromatic rings. The molecule has 0 bridgehead atoms. The number of hydrogen-bond donors (Lipinski definition) is 1. The molecule has 2 aromatic heterocycles. The van der Waals surface area contributed by atoms with E-state index in [1.165, 1.54) is 0 Å². The fraction of sp³-hybridized carbons (Fsp3) is 0.333. The third-order valence-electron chi connectivity index (χ3n) is 5.05. The zero-order chi connectivity index (χ0) is 18.8. The number of imidazole rings is 1. The Morgan fingerprint density at radius 1 is 1.22 bits per heavy atom. The molecule has 1 aliphatic rings. The minimum Gasteiger partial charge on any atom is -0.486 e. The van der Waals surface area contributed by atoms with E-state index in [0.717, 1.165) is 29.7 Å². The molecular formula is C21H24N4O2. The van der Waals surface area contributed by atoms with Crippen LogP contribution in [0.2, 0.25) is 0 Å². The van der Waals surface area contributed by atoms with Gasteiger partial charge in [0, 0.05) is 31.5 Å². The molecule has 3 heterocycles. The van der Waals surface area contributed by atoms with Gasteiger partial charge in [-0.3, -0.25) is 4.79 Å². The fourth-order valence-electron chi connectivity index (χ4n) is 3.47. The van der Waals surface area contributed by atoms with Crippen LogP contribution in [0.3, 0.4) is 0 Å². The molecule has 0 radical (unpaired) electrons. The number of rotatable bonds is 4. The van der Waals surface area contributed by atoms with Gasteiger partial charge >= 0.3 is 0 Å². The summed E-state index contributed by atoms with van der Waals surface area (Å²) < 4.78 is 7.97. The van der Waals surface area contributed by atoms with Gasteiger partial charge in [0.2, 0.25) is 0 Å². The van der Waals surface area contributed by atoms with Crippen molar-refractivity contribution in [3.8, 4) is 5.75 Å². The van der Waals surface area contributed by atoms with Crippen molar-refractivity contribution in [1.29, 1.82) is 0 Å². The summed E-state index contributed by atoms with van der Waals surface area (Å²) in [5.74, 6) is 0.592. The van der Waals surface area contributed by atoms with Gasteiger partial charge in [-0.2, -0.15) is 0 Å². The van der Waals surface area contributed by atoms with Crippen molar-refractivity contribution >= 4 is 11.6 Å². The number of carbonyl (C=O) groups is 1. The normalized spacial score (nSPS) is 15.3. The Hall–Kier alpha value is -2.86. The minimum atomic E-state index is 0.00310. The van der Waals surface area contributed by atoms with Gasteiger partial charge in [0.1, 0.15) is 18.0 Å². The highest BCUT2D eigenvalue weighted by molar-refractivity contribution is 5.97. The number of amides is 1. The highest BCUT2D eigenvalue weighted by Crippen LogP contribution is 2.23. The lowest BCUT2D eigenvalue weighted by Gasteiger charge is -2.30. The maximum atomic E-state index is 12.9. The molecule has 6 heteroatoms. The van der Waals surface area contributed by atoms with Crippen molar-refractivity contribution in [3.05, 3.63) is 65.6 Å². The maximum absolute atomic E-state index is 12.9.